The predicted octanol–water partition coefficient (Wildman–Crippen LogP) is 1.29. The average molecular weight is 347 g/mol. The summed E-state index contributed by atoms with van der Waals surface area (Å²) in [5.74, 6) is 0.0127. The molecular formula is C19H17N5O2. The summed E-state index contributed by atoms with van der Waals surface area (Å²) < 4.78 is 1.50. The van der Waals surface area contributed by atoms with Gasteiger partial charge >= 0.3 is 0 Å². The molecule has 0 saturated heterocycles. The van der Waals surface area contributed by atoms with Crippen LogP contribution in [0.4, 0.5) is 5.82 Å². The van der Waals surface area contributed by atoms with Crippen LogP contribution in [0.2, 0.25) is 0 Å². The van der Waals surface area contributed by atoms with E-state index in [0.717, 1.165) is 11.1 Å². The normalized spacial score (nSPS) is 13.4. The largest absolute Gasteiger partial charge is 0.366 e. The zero-order chi connectivity index (χ0) is 18.3. The highest BCUT2D eigenvalue weighted by Crippen LogP contribution is 2.27. The van der Waals surface area contributed by atoms with Crippen LogP contribution < -0.4 is 16.2 Å². The molecule has 0 unspecified atom stereocenters. The van der Waals surface area contributed by atoms with E-state index in [1.807, 2.05) is 30.0 Å². The maximum atomic E-state index is 13.0. The Morgan fingerprint density at radius 2 is 2.15 bits per heavy atom. The van der Waals surface area contributed by atoms with Crippen molar-refractivity contribution in [3.8, 4) is 0 Å². The van der Waals surface area contributed by atoms with Crippen LogP contribution in [0.25, 0.3) is 11.7 Å². The monoisotopic (exact) mass is 347 g/mol. The summed E-state index contributed by atoms with van der Waals surface area (Å²) in [4.78, 5) is 35.5. The number of primary amides is 1. The number of hydrogen-bond acceptors (Lipinski definition) is 5. The highest BCUT2D eigenvalue weighted by Gasteiger charge is 2.25. The van der Waals surface area contributed by atoms with Crippen LogP contribution in [-0.4, -0.2) is 26.8 Å². The van der Waals surface area contributed by atoms with E-state index in [2.05, 4.69) is 4.98 Å². The highest BCUT2D eigenvalue weighted by molar-refractivity contribution is 5.99. The Morgan fingerprint density at radius 1 is 1.31 bits per heavy atom. The summed E-state index contributed by atoms with van der Waals surface area (Å²) in [5, 5.41) is 0. The van der Waals surface area contributed by atoms with Crippen LogP contribution in [0.1, 0.15) is 16.7 Å². The number of nitrogens with two attached hydrogens (primary N) is 1. The molecule has 26 heavy (non-hydrogen) atoms. The fraction of sp³-hybridized carbons (Fsp3) is 0.158. The first-order chi connectivity index (χ1) is 12.5. The predicted molar refractivity (Wildman–Crippen MR) is 98.7 cm³/mol. The van der Waals surface area contributed by atoms with Gasteiger partial charge in [0.25, 0.3) is 5.56 Å². The lowest BCUT2D eigenvalue weighted by Gasteiger charge is -2.29. The smallest absolute Gasteiger partial charge is 0.267 e. The van der Waals surface area contributed by atoms with Gasteiger partial charge in [-0.3, -0.25) is 19.0 Å². The lowest BCUT2D eigenvalue weighted by molar-refractivity contribution is -0.114. The van der Waals surface area contributed by atoms with Gasteiger partial charge in [-0.1, -0.05) is 12.1 Å². The minimum Gasteiger partial charge on any atom is -0.366 e. The van der Waals surface area contributed by atoms with Crippen molar-refractivity contribution < 1.29 is 4.79 Å². The Bertz CT molecular complexity index is 1100. The molecule has 3 aromatic rings. The Labute approximate surface area is 149 Å². The SMILES string of the molecule is Cc1cccn2c(=O)c3c(nc12)N(Cc1cccnc1)CC(C(N)=O)=C3. The first kappa shape index (κ1) is 16.0. The number of rotatable bonds is 3. The second-order valence-electron chi connectivity index (χ2n) is 6.29. The first-order valence-corrected chi connectivity index (χ1v) is 8.21. The molecule has 0 atom stereocenters. The van der Waals surface area contributed by atoms with Crippen molar-refractivity contribution in [1.82, 2.24) is 14.4 Å². The quantitative estimate of drug-likeness (QED) is 0.770. The van der Waals surface area contributed by atoms with Gasteiger partial charge in [-0.15, -0.1) is 0 Å². The van der Waals surface area contributed by atoms with E-state index in [-0.39, 0.29) is 5.56 Å². The number of anilines is 1. The molecule has 0 saturated carbocycles. The van der Waals surface area contributed by atoms with E-state index >= 15 is 0 Å². The van der Waals surface area contributed by atoms with Crippen molar-refractivity contribution in [2.24, 2.45) is 5.73 Å². The number of fused-ring (bicyclic) bond motifs is 2. The third-order valence-corrected chi connectivity index (χ3v) is 4.46. The number of nitrogens with zero attached hydrogens (tertiary/aromatic N) is 4. The zero-order valence-corrected chi connectivity index (χ0v) is 14.2. The second-order valence-corrected chi connectivity index (χ2v) is 6.29. The summed E-state index contributed by atoms with van der Waals surface area (Å²) >= 11 is 0. The number of aromatic nitrogens is 3. The van der Waals surface area contributed by atoms with E-state index in [4.69, 9.17) is 10.7 Å². The molecule has 1 aliphatic rings. The summed E-state index contributed by atoms with van der Waals surface area (Å²) in [6.45, 7) is 2.68. The standard InChI is InChI=1S/C19H17N5O2/c1-12-4-3-7-24-17(12)22-18-15(19(24)26)8-14(16(20)25)11-23(18)10-13-5-2-6-21-9-13/h2-9H,10-11H2,1H3,(H2,20,25). The van der Waals surface area contributed by atoms with E-state index < -0.39 is 5.91 Å². The lowest BCUT2D eigenvalue weighted by atomic mass is 10.1. The fourth-order valence-corrected chi connectivity index (χ4v) is 3.16. The summed E-state index contributed by atoms with van der Waals surface area (Å²) in [5.41, 5.74) is 8.48. The molecule has 7 heteroatoms. The number of pyridine rings is 2. The maximum absolute atomic E-state index is 13.0. The molecule has 0 bridgehead atoms. The molecule has 1 amide bonds. The van der Waals surface area contributed by atoms with E-state index in [1.54, 1.807) is 30.7 Å². The van der Waals surface area contributed by atoms with Gasteiger partial charge in [0.2, 0.25) is 5.91 Å². The van der Waals surface area contributed by atoms with Crippen LogP contribution in [0.5, 0.6) is 0 Å². The number of aryl methyl sites for hydroxylation is 1. The lowest BCUT2D eigenvalue weighted by Crippen LogP contribution is -2.36. The van der Waals surface area contributed by atoms with Crippen LogP contribution in [-0.2, 0) is 11.3 Å². The minimum atomic E-state index is -0.541. The molecule has 1 aliphatic heterocycles. The van der Waals surface area contributed by atoms with E-state index in [1.165, 1.54) is 4.40 Å². The number of carbonyl (C=O) groups excluding carboxylic acids is 1. The Kier molecular flexibility index (Phi) is 3.76. The van der Waals surface area contributed by atoms with Crippen molar-refractivity contribution in [1.29, 1.82) is 0 Å². The van der Waals surface area contributed by atoms with Crippen molar-refractivity contribution in [3.63, 3.8) is 0 Å². The van der Waals surface area contributed by atoms with Crippen LogP contribution in [0, 0.1) is 6.92 Å². The van der Waals surface area contributed by atoms with Gasteiger partial charge in [0.05, 0.1) is 12.1 Å². The molecule has 4 rings (SSSR count). The summed E-state index contributed by atoms with van der Waals surface area (Å²) in [6, 6.07) is 7.49. The summed E-state index contributed by atoms with van der Waals surface area (Å²) in [7, 11) is 0. The topological polar surface area (TPSA) is 93.6 Å². The Balaban J connectivity index is 1.93. The molecule has 0 radical (unpaired) electrons. The third-order valence-electron chi connectivity index (χ3n) is 4.46. The highest BCUT2D eigenvalue weighted by atomic mass is 16.1. The van der Waals surface area contributed by atoms with Gasteiger partial charge in [-0.25, -0.2) is 4.98 Å². The first-order valence-electron chi connectivity index (χ1n) is 8.21. The average Bonchev–Trinajstić information content (AvgIpc) is 2.64. The molecule has 130 valence electrons. The van der Waals surface area contributed by atoms with Gasteiger partial charge in [0.1, 0.15) is 11.5 Å². The number of carbonyl (C=O) groups is 1. The molecule has 2 N–H and O–H groups in total. The van der Waals surface area contributed by atoms with Gasteiger partial charge < -0.3 is 10.6 Å². The van der Waals surface area contributed by atoms with Gasteiger partial charge in [-0.05, 0) is 36.3 Å². The molecular weight excluding hydrogens is 330 g/mol. The maximum Gasteiger partial charge on any atom is 0.267 e. The molecule has 3 aromatic heterocycles. The van der Waals surface area contributed by atoms with Gasteiger partial charge in [-0.2, -0.15) is 0 Å². The van der Waals surface area contributed by atoms with Crippen LogP contribution in [0.15, 0.2) is 53.2 Å². The van der Waals surface area contributed by atoms with Crippen molar-refractivity contribution in [2.75, 3.05) is 11.4 Å². The van der Waals surface area contributed by atoms with Crippen molar-refractivity contribution in [3.05, 3.63) is 75.5 Å². The molecule has 0 aliphatic carbocycles. The van der Waals surface area contributed by atoms with Crippen LogP contribution in [0.3, 0.4) is 0 Å². The second kappa shape index (κ2) is 6.11. The molecule has 7 nitrogen and oxygen atoms in total. The van der Waals surface area contributed by atoms with E-state index in [0.29, 0.717) is 35.7 Å². The van der Waals surface area contributed by atoms with Crippen LogP contribution >= 0.6 is 0 Å². The Morgan fingerprint density at radius 3 is 2.88 bits per heavy atom. The molecule has 0 aromatic carbocycles. The molecule has 4 heterocycles. The zero-order valence-electron chi connectivity index (χ0n) is 14.2. The third kappa shape index (κ3) is 2.63. The van der Waals surface area contributed by atoms with Gasteiger partial charge in [0.15, 0.2) is 0 Å². The van der Waals surface area contributed by atoms with Gasteiger partial charge in [0, 0.05) is 30.7 Å². The minimum absolute atomic E-state index is 0.219. The van der Waals surface area contributed by atoms with Crippen molar-refractivity contribution >= 4 is 23.4 Å². The molecule has 0 spiro atoms. The summed E-state index contributed by atoms with van der Waals surface area (Å²) in [6.07, 6.45) is 6.68. The number of hydrogen-bond donors (Lipinski definition) is 1. The fourth-order valence-electron chi connectivity index (χ4n) is 3.16. The Hall–Kier alpha value is -3.48. The molecule has 0 fully saturated rings. The van der Waals surface area contributed by atoms with Crippen molar-refractivity contribution in [2.45, 2.75) is 13.5 Å². The number of amides is 1. The van der Waals surface area contributed by atoms with E-state index in [9.17, 15) is 9.59 Å².